The van der Waals surface area contributed by atoms with Crippen molar-refractivity contribution >= 4 is 50.1 Å². The highest BCUT2D eigenvalue weighted by atomic mass is 35.5. The molecule has 1 N–H and O–H groups in total. The molecular weight excluding hydrogens is 473 g/mol. The first-order chi connectivity index (χ1) is 15.1. The summed E-state index contributed by atoms with van der Waals surface area (Å²) >= 11 is 7.59. The average Bonchev–Trinajstić information content (AvgIpc) is 2.95. The van der Waals surface area contributed by atoms with Crippen LogP contribution in [0.25, 0.3) is 11.0 Å². The number of fused-ring (bicyclic) bond motifs is 1. The first kappa shape index (κ1) is 22.4. The van der Waals surface area contributed by atoms with Gasteiger partial charge in [0.05, 0.1) is 26.6 Å². The maximum atomic E-state index is 13.7. The molecule has 0 saturated carbocycles. The van der Waals surface area contributed by atoms with Crippen molar-refractivity contribution in [3.63, 3.8) is 0 Å². The first-order valence-corrected chi connectivity index (χ1v) is 12.2. The van der Waals surface area contributed by atoms with Crippen molar-refractivity contribution in [2.45, 2.75) is 21.6 Å². The van der Waals surface area contributed by atoms with E-state index in [1.54, 1.807) is 38.4 Å². The summed E-state index contributed by atoms with van der Waals surface area (Å²) in [6, 6.07) is 14.2. The van der Waals surface area contributed by atoms with E-state index in [4.69, 9.17) is 11.6 Å². The lowest BCUT2D eigenvalue weighted by Gasteiger charge is -2.14. The Labute approximate surface area is 193 Å². The Morgan fingerprint density at radius 1 is 0.969 bits per heavy atom. The van der Waals surface area contributed by atoms with Gasteiger partial charge in [0.1, 0.15) is 5.82 Å². The molecular formula is C22H19ClFN3O3S2. The number of sulfonamides is 1. The molecule has 0 atom stereocenters. The third-order valence-electron chi connectivity index (χ3n) is 5.11. The molecule has 1 heterocycles. The highest BCUT2D eigenvalue weighted by molar-refractivity contribution is 7.99. The fourth-order valence-corrected chi connectivity index (χ4v) is 5.74. The molecule has 166 valence electrons. The van der Waals surface area contributed by atoms with Gasteiger partial charge in [-0.05, 0) is 55.0 Å². The molecule has 32 heavy (non-hydrogen) atoms. The van der Waals surface area contributed by atoms with Crippen LogP contribution in [-0.2, 0) is 24.1 Å². The van der Waals surface area contributed by atoms with E-state index in [0.717, 1.165) is 11.0 Å². The Morgan fingerprint density at radius 3 is 2.28 bits per heavy atom. The third-order valence-corrected chi connectivity index (χ3v) is 8.05. The normalized spacial score (nSPS) is 11.8. The van der Waals surface area contributed by atoms with Crippen LogP contribution in [0.15, 0.2) is 74.1 Å². The summed E-state index contributed by atoms with van der Waals surface area (Å²) in [6.45, 7) is 1.50. The quantitative estimate of drug-likeness (QED) is 0.429. The van der Waals surface area contributed by atoms with Crippen LogP contribution in [0.4, 0.5) is 10.1 Å². The zero-order valence-corrected chi connectivity index (χ0v) is 19.8. The lowest BCUT2D eigenvalue weighted by molar-refractivity contribution is 0.598. The van der Waals surface area contributed by atoms with Crippen molar-refractivity contribution in [1.29, 1.82) is 0 Å². The summed E-state index contributed by atoms with van der Waals surface area (Å²) in [7, 11) is -0.749. The topological polar surface area (TPSA) is 73.1 Å². The molecule has 0 amide bonds. The summed E-state index contributed by atoms with van der Waals surface area (Å²) in [4.78, 5) is 13.7. The van der Waals surface area contributed by atoms with Gasteiger partial charge in [-0.25, -0.2) is 17.6 Å². The number of nitrogens with one attached hydrogen (secondary N) is 1. The second-order valence-corrected chi connectivity index (χ2v) is 10.5. The molecule has 3 aromatic carbocycles. The van der Waals surface area contributed by atoms with Crippen LogP contribution in [0.5, 0.6) is 0 Å². The minimum absolute atomic E-state index is 0.0628. The number of aryl methyl sites for hydroxylation is 3. The highest BCUT2D eigenvalue weighted by Gasteiger charge is 2.20. The second kappa shape index (κ2) is 8.31. The number of benzene rings is 3. The highest BCUT2D eigenvalue weighted by Crippen LogP contribution is 2.39. The molecule has 0 aliphatic carbocycles. The number of aromatic nitrogens is 2. The molecule has 0 aliphatic rings. The SMILES string of the molecule is Cc1cc(S(=O)(=O)Nc2cc3c(cc2Sc2ccccc2Cl)n(C)c(=O)n3C)ccc1F. The van der Waals surface area contributed by atoms with Gasteiger partial charge >= 0.3 is 5.69 Å². The molecule has 0 saturated heterocycles. The zero-order chi connectivity index (χ0) is 23.2. The van der Waals surface area contributed by atoms with Gasteiger partial charge in [-0.1, -0.05) is 35.5 Å². The van der Waals surface area contributed by atoms with Gasteiger partial charge in [0.2, 0.25) is 0 Å². The Balaban J connectivity index is 1.88. The molecule has 0 aliphatic heterocycles. The molecule has 1 aromatic heterocycles. The van der Waals surface area contributed by atoms with E-state index in [-0.39, 0.29) is 21.8 Å². The second-order valence-electron chi connectivity index (χ2n) is 7.29. The van der Waals surface area contributed by atoms with Crippen LogP contribution < -0.4 is 10.4 Å². The number of nitrogens with zero attached hydrogens (tertiary/aromatic N) is 2. The monoisotopic (exact) mass is 491 g/mol. The van der Waals surface area contributed by atoms with Gasteiger partial charge in [0, 0.05) is 23.9 Å². The number of hydrogen-bond acceptors (Lipinski definition) is 4. The van der Waals surface area contributed by atoms with E-state index in [1.165, 1.54) is 40.0 Å². The molecule has 6 nitrogen and oxygen atoms in total. The molecule has 4 aromatic rings. The van der Waals surface area contributed by atoms with Crippen LogP contribution >= 0.6 is 23.4 Å². The lowest BCUT2D eigenvalue weighted by Crippen LogP contribution is -2.19. The predicted molar refractivity (Wildman–Crippen MR) is 126 cm³/mol. The van der Waals surface area contributed by atoms with Crippen LogP contribution in [-0.4, -0.2) is 17.6 Å². The van der Waals surface area contributed by atoms with Gasteiger partial charge in [-0.3, -0.25) is 13.9 Å². The van der Waals surface area contributed by atoms with Gasteiger partial charge in [-0.15, -0.1) is 0 Å². The Bertz CT molecular complexity index is 1530. The Hall–Kier alpha value is -2.75. The Kier molecular flexibility index (Phi) is 5.83. The zero-order valence-electron chi connectivity index (χ0n) is 17.4. The molecule has 0 unspecified atom stereocenters. The molecule has 10 heteroatoms. The van der Waals surface area contributed by atoms with Crippen molar-refractivity contribution in [2.75, 3.05) is 4.72 Å². The Morgan fingerprint density at radius 2 is 1.62 bits per heavy atom. The van der Waals surface area contributed by atoms with E-state index >= 15 is 0 Å². The summed E-state index contributed by atoms with van der Waals surface area (Å²) < 4.78 is 45.4. The van der Waals surface area contributed by atoms with Crippen molar-refractivity contribution in [3.8, 4) is 0 Å². The van der Waals surface area contributed by atoms with Crippen LogP contribution in [0.3, 0.4) is 0 Å². The molecule has 4 rings (SSSR count). The van der Waals surface area contributed by atoms with Crippen molar-refractivity contribution in [2.24, 2.45) is 14.1 Å². The fraction of sp³-hybridized carbons (Fsp3) is 0.136. The van der Waals surface area contributed by atoms with E-state index in [9.17, 15) is 17.6 Å². The van der Waals surface area contributed by atoms with Crippen molar-refractivity contribution < 1.29 is 12.8 Å². The molecule has 0 spiro atoms. The lowest BCUT2D eigenvalue weighted by atomic mass is 10.2. The third kappa shape index (κ3) is 4.03. The van der Waals surface area contributed by atoms with Gasteiger partial charge in [-0.2, -0.15) is 0 Å². The van der Waals surface area contributed by atoms with E-state index < -0.39 is 15.8 Å². The van der Waals surface area contributed by atoms with Gasteiger partial charge in [0.25, 0.3) is 10.0 Å². The number of rotatable bonds is 5. The number of hydrogen-bond donors (Lipinski definition) is 1. The minimum atomic E-state index is -4.02. The summed E-state index contributed by atoms with van der Waals surface area (Å²) in [6.07, 6.45) is 0. The van der Waals surface area contributed by atoms with Crippen LogP contribution in [0.1, 0.15) is 5.56 Å². The standard InChI is InChI=1S/C22H19ClFN3O3S2/c1-13-10-14(8-9-16(13)24)32(29,30)25-17-11-18-19(27(3)22(28)26(18)2)12-21(17)31-20-7-5-4-6-15(20)23/h4-12,25H,1-3H3. The number of anilines is 1. The smallest absolute Gasteiger partial charge is 0.295 e. The molecule has 0 bridgehead atoms. The molecule has 0 fully saturated rings. The van der Waals surface area contributed by atoms with Gasteiger partial charge < -0.3 is 0 Å². The van der Waals surface area contributed by atoms with Crippen LogP contribution in [0, 0.1) is 12.7 Å². The van der Waals surface area contributed by atoms with Crippen molar-refractivity contribution in [1.82, 2.24) is 9.13 Å². The van der Waals surface area contributed by atoms with E-state index in [2.05, 4.69) is 4.72 Å². The minimum Gasteiger partial charge on any atom is -0.295 e. The van der Waals surface area contributed by atoms with E-state index in [0.29, 0.717) is 21.0 Å². The fourth-order valence-electron chi connectivity index (χ4n) is 3.32. The molecule has 0 radical (unpaired) electrons. The first-order valence-electron chi connectivity index (χ1n) is 9.49. The maximum Gasteiger partial charge on any atom is 0.328 e. The summed E-state index contributed by atoms with van der Waals surface area (Å²) in [5, 5.41) is 0.516. The number of halogens is 2. The largest absolute Gasteiger partial charge is 0.328 e. The van der Waals surface area contributed by atoms with E-state index in [1.807, 2.05) is 12.1 Å². The average molecular weight is 492 g/mol. The number of imidazole rings is 1. The van der Waals surface area contributed by atoms with Gasteiger partial charge in [0.15, 0.2) is 0 Å². The summed E-state index contributed by atoms with van der Waals surface area (Å²) in [5.74, 6) is -0.486. The van der Waals surface area contributed by atoms with Crippen molar-refractivity contribution in [3.05, 3.63) is 81.5 Å². The predicted octanol–water partition coefficient (Wildman–Crippen LogP) is 4.93. The summed E-state index contributed by atoms with van der Waals surface area (Å²) in [5.41, 5.74) is 1.48. The maximum absolute atomic E-state index is 13.7. The van der Waals surface area contributed by atoms with Crippen LogP contribution in [0.2, 0.25) is 5.02 Å².